The molecule has 1 unspecified atom stereocenters. The van der Waals surface area contributed by atoms with Gasteiger partial charge in [0.15, 0.2) is 11.6 Å². The molecule has 1 aromatic rings. The maximum Gasteiger partial charge on any atom is 0.241 e. The monoisotopic (exact) mass is 317 g/mol. The average molecular weight is 317 g/mol. The van der Waals surface area contributed by atoms with E-state index in [0.29, 0.717) is 19.4 Å². The zero-order valence-corrected chi connectivity index (χ0v) is 12.2. The van der Waals surface area contributed by atoms with Crippen molar-refractivity contribution in [2.45, 2.75) is 23.8 Å². The van der Waals surface area contributed by atoms with E-state index in [4.69, 9.17) is 10.5 Å². The van der Waals surface area contributed by atoms with Crippen LogP contribution in [0.1, 0.15) is 12.8 Å². The largest absolute Gasteiger partial charge is 0.492 e. The Bertz CT molecular complexity index is 639. The van der Waals surface area contributed by atoms with Crippen molar-refractivity contribution < 1.29 is 22.3 Å². The summed E-state index contributed by atoms with van der Waals surface area (Å²) in [5.41, 5.74) is 5.42. The van der Waals surface area contributed by atoms with E-state index in [1.165, 1.54) is 7.11 Å². The number of hydrogen-bond acceptors (Lipinski definition) is 5. The van der Waals surface area contributed by atoms with Crippen molar-refractivity contribution in [3.05, 3.63) is 17.9 Å². The highest BCUT2D eigenvalue weighted by Crippen LogP contribution is 2.28. The molecule has 1 aliphatic heterocycles. The van der Waals surface area contributed by atoms with Gasteiger partial charge in [0.1, 0.15) is 6.04 Å². The molecule has 0 radical (unpaired) electrons. The molecule has 0 aromatic heterocycles. The predicted octanol–water partition coefficient (Wildman–Crippen LogP) is -0.0266. The second kappa shape index (κ2) is 5.86. The van der Waals surface area contributed by atoms with Gasteiger partial charge in [-0.25, -0.2) is 12.8 Å². The number of piperidine rings is 1. The Hall–Kier alpha value is -1.87. The van der Waals surface area contributed by atoms with E-state index in [9.17, 15) is 17.6 Å². The molecular formula is C12H16FN3O4S. The third-order valence-corrected chi connectivity index (χ3v) is 4.59. The van der Waals surface area contributed by atoms with E-state index in [-0.39, 0.29) is 16.3 Å². The molecule has 0 bridgehead atoms. The topological polar surface area (TPSA) is 111 Å². The molecule has 21 heavy (non-hydrogen) atoms. The van der Waals surface area contributed by atoms with E-state index in [0.717, 1.165) is 12.1 Å². The minimum absolute atomic E-state index is 0.133. The fourth-order valence-electron chi connectivity index (χ4n) is 2.10. The lowest BCUT2D eigenvalue weighted by Gasteiger charge is -2.22. The molecule has 1 atom stereocenters. The van der Waals surface area contributed by atoms with Crippen LogP contribution >= 0.6 is 0 Å². The van der Waals surface area contributed by atoms with Crippen LogP contribution in [0.4, 0.5) is 10.1 Å². The third kappa shape index (κ3) is 3.24. The summed E-state index contributed by atoms with van der Waals surface area (Å²) < 4.78 is 45.1. The van der Waals surface area contributed by atoms with E-state index in [1.807, 2.05) is 0 Å². The molecule has 0 spiro atoms. The normalized spacial score (nSPS) is 19.1. The van der Waals surface area contributed by atoms with Gasteiger partial charge in [0.2, 0.25) is 15.9 Å². The molecule has 1 saturated heterocycles. The minimum atomic E-state index is -4.05. The van der Waals surface area contributed by atoms with Crippen molar-refractivity contribution in [2.24, 2.45) is 0 Å². The molecular weight excluding hydrogens is 301 g/mol. The number of amides is 1. The number of hydrogen-bond donors (Lipinski definition) is 3. The summed E-state index contributed by atoms with van der Waals surface area (Å²) in [4.78, 5) is 11.2. The minimum Gasteiger partial charge on any atom is -0.492 e. The predicted molar refractivity (Wildman–Crippen MR) is 73.7 cm³/mol. The lowest BCUT2D eigenvalue weighted by atomic mass is 10.1. The third-order valence-electron chi connectivity index (χ3n) is 3.14. The highest BCUT2D eigenvalue weighted by molar-refractivity contribution is 7.89. The summed E-state index contributed by atoms with van der Waals surface area (Å²) in [6, 6.07) is 1.03. The number of benzene rings is 1. The highest BCUT2D eigenvalue weighted by Gasteiger charge is 2.28. The summed E-state index contributed by atoms with van der Waals surface area (Å²) in [5.74, 6) is -1.50. The van der Waals surface area contributed by atoms with Crippen LogP contribution < -0.4 is 20.5 Å². The first-order valence-corrected chi connectivity index (χ1v) is 7.76. The van der Waals surface area contributed by atoms with Crippen molar-refractivity contribution in [3.63, 3.8) is 0 Å². The molecule has 2 rings (SSSR count). The first-order valence-electron chi connectivity index (χ1n) is 6.28. The van der Waals surface area contributed by atoms with Gasteiger partial charge in [0.25, 0.3) is 0 Å². The quantitative estimate of drug-likeness (QED) is 0.676. The number of ether oxygens (including phenoxy) is 1. The average Bonchev–Trinajstić information content (AvgIpc) is 2.41. The van der Waals surface area contributed by atoms with Gasteiger partial charge in [-0.3, -0.25) is 4.79 Å². The lowest BCUT2D eigenvalue weighted by Crippen LogP contribution is -2.50. The van der Waals surface area contributed by atoms with Gasteiger partial charge < -0.3 is 15.8 Å². The second-order valence-electron chi connectivity index (χ2n) is 4.63. The van der Waals surface area contributed by atoms with Crippen molar-refractivity contribution >= 4 is 21.6 Å². The number of methoxy groups -OCH3 is 1. The number of nitrogen functional groups attached to an aromatic ring is 1. The number of anilines is 1. The SMILES string of the molecule is COc1c(N)cc(S(=O)(=O)NC2CCCNC2=O)cc1F. The summed E-state index contributed by atoms with van der Waals surface area (Å²) in [6.07, 6.45) is 1.05. The van der Waals surface area contributed by atoms with Crippen molar-refractivity contribution in [1.82, 2.24) is 10.0 Å². The van der Waals surface area contributed by atoms with E-state index < -0.39 is 27.8 Å². The Kier molecular flexibility index (Phi) is 4.33. The zero-order chi connectivity index (χ0) is 15.6. The van der Waals surface area contributed by atoms with Gasteiger partial charge in [-0.2, -0.15) is 4.72 Å². The molecule has 7 nitrogen and oxygen atoms in total. The number of carbonyl (C=O) groups excluding carboxylic acids is 1. The standard InChI is InChI=1S/C12H16FN3O4S/c1-20-11-8(13)5-7(6-9(11)14)21(18,19)16-10-3-2-4-15-12(10)17/h5-6,10,16H,2-4,14H2,1H3,(H,15,17). The maximum atomic E-state index is 13.7. The van der Waals surface area contributed by atoms with Crippen LogP contribution in [0.2, 0.25) is 0 Å². The van der Waals surface area contributed by atoms with Gasteiger partial charge in [-0.15, -0.1) is 0 Å². The maximum absolute atomic E-state index is 13.7. The van der Waals surface area contributed by atoms with Crippen molar-refractivity contribution in [2.75, 3.05) is 19.4 Å². The van der Waals surface area contributed by atoms with Crippen LogP contribution in [0.5, 0.6) is 5.75 Å². The zero-order valence-electron chi connectivity index (χ0n) is 11.3. The van der Waals surface area contributed by atoms with Crippen molar-refractivity contribution in [1.29, 1.82) is 0 Å². The van der Waals surface area contributed by atoms with Gasteiger partial charge in [-0.05, 0) is 25.0 Å². The van der Waals surface area contributed by atoms with Gasteiger partial charge >= 0.3 is 0 Å². The van der Waals surface area contributed by atoms with Crippen molar-refractivity contribution in [3.8, 4) is 5.75 Å². The van der Waals surface area contributed by atoms with Crippen LogP contribution in [0.25, 0.3) is 0 Å². The fraction of sp³-hybridized carbons (Fsp3) is 0.417. The van der Waals surface area contributed by atoms with E-state index >= 15 is 0 Å². The molecule has 9 heteroatoms. The molecule has 1 fully saturated rings. The molecule has 0 aliphatic carbocycles. The smallest absolute Gasteiger partial charge is 0.241 e. The lowest BCUT2D eigenvalue weighted by molar-refractivity contribution is -0.124. The molecule has 0 saturated carbocycles. The van der Waals surface area contributed by atoms with Gasteiger partial charge in [-0.1, -0.05) is 0 Å². The van der Waals surface area contributed by atoms with Crippen LogP contribution in [0.15, 0.2) is 17.0 Å². The Balaban J connectivity index is 2.29. The molecule has 4 N–H and O–H groups in total. The van der Waals surface area contributed by atoms with E-state index in [1.54, 1.807) is 0 Å². The Morgan fingerprint density at radius 3 is 2.76 bits per heavy atom. The summed E-state index contributed by atoms with van der Waals surface area (Å²) in [5, 5.41) is 2.56. The molecule has 1 heterocycles. The second-order valence-corrected chi connectivity index (χ2v) is 6.35. The number of halogens is 1. The summed E-state index contributed by atoms with van der Waals surface area (Å²) >= 11 is 0. The Labute approximate surface area is 121 Å². The number of rotatable bonds is 4. The number of sulfonamides is 1. The Morgan fingerprint density at radius 2 is 2.19 bits per heavy atom. The number of nitrogens with one attached hydrogen (secondary N) is 2. The van der Waals surface area contributed by atoms with Crippen LogP contribution in [-0.4, -0.2) is 34.0 Å². The molecule has 116 valence electrons. The first-order chi connectivity index (χ1) is 9.85. The van der Waals surface area contributed by atoms with Gasteiger partial charge in [0, 0.05) is 6.54 Å². The van der Waals surface area contributed by atoms with Crippen LogP contribution in [0, 0.1) is 5.82 Å². The van der Waals surface area contributed by atoms with Gasteiger partial charge in [0.05, 0.1) is 17.7 Å². The fourth-order valence-corrected chi connectivity index (χ4v) is 3.38. The summed E-state index contributed by atoms with van der Waals surface area (Å²) in [6.45, 7) is 0.515. The van der Waals surface area contributed by atoms with Crippen LogP contribution in [-0.2, 0) is 14.8 Å². The first kappa shape index (κ1) is 15.5. The number of carbonyl (C=O) groups is 1. The number of nitrogens with two attached hydrogens (primary N) is 1. The molecule has 1 aliphatic rings. The van der Waals surface area contributed by atoms with Crippen LogP contribution in [0.3, 0.4) is 0 Å². The highest BCUT2D eigenvalue weighted by atomic mass is 32.2. The van der Waals surface area contributed by atoms with E-state index in [2.05, 4.69) is 10.0 Å². The Morgan fingerprint density at radius 1 is 1.48 bits per heavy atom. The summed E-state index contributed by atoms with van der Waals surface area (Å²) in [7, 11) is -2.82. The molecule has 1 amide bonds. The molecule has 1 aromatic carbocycles.